The third kappa shape index (κ3) is 2.92. The first kappa shape index (κ1) is 11.5. The third-order valence-electron chi connectivity index (χ3n) is 2.01. The molecular weight excluding hydrogens is 201 g/mol. The van der Waals surface area contributed by atoms with Gasteiger partial charge in [-0.05, 0) is 6.07 Å². The summed E-state index contributed by atoms with van der Waals surface area (Å²) in [4.78, 5) is 10.9. The Kier molecular flexibility index (Phi) is 3.62. The van der Waals surface area contributed by atoms with E-state index >= 15 is 0 Å². The summed E-state index contributed by atoms with van der Waals surface area (Å²) < 4.78 is 17.1. The van der Waals surface area contributed by atoms with Gasteiger partial charge in [-0.3, -0.25) is 4.79 Å². The highest BCUT2D eigenvalue weighted by atomic mass is 19.1. The minimum Gasteiger partial charge on any atom is -0.508 e. The Morgan fingerprint density at radius 2 is 2.33 bits per heavy atom. The van der Waals surface area contributed by atoms with Crippen LogP contribution in [-0.2, 0) is 9.53 Å². The Morgan fingerprint density at radius 1 is 1.67 bits per heavy atom. The van der Waals surface area contributed by atoms with Crippen LogP contribution in [0.25, 0.3) is 0 Å². The summed E-state index contributed by atoms with van der Waals surface area (Å²) in [5.41, 5.74) is 5.96. The van der Waals surface area contributed by atoms with Crippen molar-refractivity contribution in [2.24, 2.45) is 5.73 Å². The van der Waals surface area contributed by atoms with Gasteiger partial charge in [-0.2, -0.15) is 0 Å². The standard InChI is InChI=1S/C10H12FNO3/c1-15-10(14)5-8(12)7-3-2-6(11)4-9(7)13/h2-4,8,13H,5,12H2,1H3/t8-/m1/s1. The third-order valence-corrected chi connectivity index (χ3v) is 2.01. The lowest BCUT2D eigenvalue weighted by Crippen LogP contribution is -2.16. The number of methoxy groups -OCH3 is 1. The molecule has 1 rings (SSSR count). The van der Waals surface area contributed by atoms with Crippen LogP contribution in [0, 0.1) is 5.82 Å². The molecule has 0 saturated carbocycles. The Labute approximate surface area is 86.5 Å². The van der Waals surface area contributed by atoms with E-state index in [2.05, 4.69) is 4.74 Å². The SMILES string of the molecule is COC(=O)C[C@@H](N)c1ccc(F)cc1O. The summed E-state index contributed by atoms with van der Waals surface area (Å²) in [5.74, 6) is -1.29. The highest BCUT2D eigenvalue weighted by Crippen LogP contribution is 2.25. The number of carbonyl (C=O) groups is 1. The second kappa shape index (κ2) is 4.75. The van der Waals surface area contributed by atoms with E-state index in [9.17, 15) is 14.3 Å². The first-order valence-electron chi connectivity index (χ1n) is 4.35. The lowest BCUT2D eigenvalue weighted by Gasteiger charge is -2.12. The highest BCUT2D eigenvalue weighted by Gasteiger charge is 2.15. The Hall–Kier alpha value is -1.62. The number of rotatable bonds is 3. The van der Waals surface area contributed by atoms with Gasteiger partial charge in [-0.1, -0.05) is 6.07 Å². The molecule has 4 nitrogen and oxygen atoms in total. The maximum atomic E-state index is 12.6. The van der Waals surface area contributed by atoms with E-state index in [4.69, 9.17) is 5.73 Å². The number of halogens is 1. The molecule has 0 saturated heterocycles. The van der Waals surface area contributed by atoms with Gasteiger partial charge >= 0.3 is 5.97 Å². The number of hydrogen-bond donors (Lipinski definition) is 2. The molecule has 1 atom stereocenters. The molecule has 5 heteroatoms. The number of hydrogen-bond acceptors (Lipinski definition) is 4. The molecule has 82 valence electrons. The normalized spacial score (nSPS) is 12.2. The van der Waals surface area contributed by atoms with E-state index in [1.54, 1.807) is 0 Å². The number of carbonyl (C=O) groups excluding carboxylic acids is 1. The van der Waals surface area contributed by atoms with Crippen molar-refractivity contribution >= 4 is 5.97 Å². The largest absolute Gasteiger partial charge is 0.508 e. The summed E-state index contributed by atoms with van der Waals surface area (Å²) >= 11 is 0. The average Bonchev–Trinajstić information content (AvgIpc) is 2.17. The van der Waals surface area contributed by atoms with Crippen LogP contribution in [0.2, 0.25) is 0 Å². The van der Waals surface area contributed by atoms with Crippen molar-refractivity contribution in [3.8, 4) is 5.75 Å². The van der Waals surface area contributed by atoms with Crippen molar-refractivity contribution in [1.29, 1.82) is 0 Å². The number of esters is 1. The number of ether oxygens (including phenoxy) is 1. The molecule has 3 N–H and O–H groups in total. The van der Waals surface area contributed by atoms with Crippen LogP contribution in [0.1, 0.15) is 18.0 Å². The van der Waals surface area contributed by atoms with Crippen LogP contribution < -0.4 is 5.73 Å². The van der Waals surface area contributed by atoms with Gasteiger partial charge in [0.2, 0.25) is 0 Å². The lowest BCUT2D eigenvalue weighted by atomic mass is 10.0. The van der Waals surface area contributed by atoms with Gasteiger partial charge in [0.25, 0.3) is 0 Å². The van der Waals surface area contributed by atoms with Crippen molar-refractivity contribution in [2.75, 3.05) is 7.11 Å². The van der Waals surface area contributed by atoms with Gasteiger partial charge in [0.05, 0.1) is 13.5 Å². The molecule has 0 radical (unpaired) electrons. The van der Waals surface area contributed by atoms with Crippen LogP contribution in [0.3, 0.4) is 0 Å². The zero-order valence-corrected chi connectivity index (χ0v) is 8.24. The molecule has 1 aromatic rings. The molecule has 0 aromatic heterocycles. The number of benzene rings is 1. The highest BCUT2D eigenvalue weighted by molar-refractivity contribution is 5.70. The average molecular weight is 213 g/mol. The molecule has 0 fully saturated rings. The fraction of sp³-hybridized carbons (Fsp3) is 0.300. The smallest absolute Gasteiger partial charge is 0.307 e. The van der Waals surface area contributed by atoms with Crippen molar-refractivity contribution in [2.45, 2.75) is 12.5 Å². The number of phenolic OH excluding ortho intramolecular Hbond substituents is 1. The van der Waals surface area contributed by atoms with Gasteiger partial charge in [-0.25, -0.2) is 4.39 Å². The molecule has 0 aliphatic heterocycles. The molecule has 0 aliphatic rings. The van der Waals surface area contributed by atoms with E-state index in [0.717, 1.165) is 6.07 Å². The maximum Gasteiger partial charge on any atom is 0.307 e. The zero-order valence-electron chi connectivity index (χ0n) is 8.24. The van der Waals surface area contributed by atoms with E-state index in [-0.39, 0.29) is 12.2 Å². The van der Waals surface area contributed by atoms with Crippen LogP contribution in [0.5, 0.6) is 5.75 Å². The quantitative estimate of drug-likeness (QED) is 0.737. The van der Waals surface area contributed by atoms with E-state index in [0.29, 0.717) is 5.56 Å². The second-order valence-electron chi connectivity index (χ2n) is 3.09. The van der Waals surface area contributed by atoms with E-state index in [1.807, 2.05) is 0 Å². The van der Waals surface area contributed by atoms with Crippen LogP contribution in [0.4, 0.5) is 4.39 Å². The first-order chi connectivity index (χ1) is 7.04. The number of phenols is 1. The molecule has 0 unspecified atom stereocenters. The first-order valence-corrected chi connectivity index (χ1v) is 4.35. The summed E-state index contributed by atoms with van der Waals surface area (Å²) in [7, 11) is 1.25. The van der Waals surface area contributed by atoms with E-state index in [1.165, 1.54) is 19.2 Å². The topological polar surface area (TPSA) is 72.5 Å². The molecule has 15 heavy (non-hydrogen) atoms. The fourth-order valence-electron chi connectivity index (χ4n) is 1.20. The molecule has 0 aliphatic carbocycles. The zero-order chi connectivity index (χ0) is 11.4. The molecule has 0 amide bonds. The van der Waals surface area contributed by atoms with Gasteiger partial charge in [0, 0.05) is 17.7 Å². The predicted molar refractivity (Wildman–Crippen MR) is 51.6 cm³/mol. The number of aromatic hydroxyl groups is 1. The summed E-state index contributed by atoms with van der Waals surface area (Å²) in [6.45, 7) is 0. The van der Waals surface area contributed by atoms with Gasteiger partial charge < -0.3 is 15.6 Å². The van der Waals surface area contributed by atoms with Crippen LogP contribution >= 0.6 is 0 Å². The van der Waals surface area contributed by atoms with Crippen LogP contribution in [0.15, 0.2) is 18.2 Å². The van der Waals surface area contributed by atoms with Crippen molar-refractivity contribution < 1.29 is 19.0 Å². The van der Waals surface area contributed by atoms with Gasteiger partial charge in [0.1, 0.15) is 11.6 Å². The number of nitrogens with two attached hydrogens (primary N) is 1. The summed E-state index contributed by atoms with van der Waals surface area (Å²) in [6.07, 6.45) is -0.0598. The minimum absolute atomic E-state index is 0.0598. The maximum absolute atomic E-state index is 12.6. The second-order valence-corrected chi connectivity index (χ2v) is 3.09. The Bertz CT molecular complexity index is 368. The minimum atomic E-state index is -0.696. The predicted octanol–water partition coefficient (Wildman–Crippen LogP) is 1.09. The Balaban J connectivity index is 2.82. The molecule has 1 aromatic carbocycles. The van der Waals surface area contributed by atoms with Crippen molar-refractivity contribution in [3.63, 3.8) is 0 Å². The van der Waals surface area contributed by atoms with Gasteiger partial charge in [0.15, 0.2) is 0 Å². The monoisotopic (exact) mass is 213 g/mol. The summed E-state index contributed by atoms with van der Waals surface area (Å²) in [5, 5.41) is 9.38. The molecule has 0 spiro atoms. The van der Waals surface area contributed by atoms with Crippen LogP contribution in [-0.4, -0.2) is 18.2 Å². The molecule has 0 bridgehead atoms. The fourth-order valence-corrected chi connectivity index (χ4v) is 1.20. The van der Waals surface area contributed by atoms with Crippen molar-refractivity contribution in [1.82, 2.24) is 0 Å². The lowest BCUT2D eigenvalue weighted by molar-refractivity contribution is -0.141. The summed E-state index contributed by atoms with van der Waals surface area (Å²) in [6, 6.07) is 2.77. The molecule has 0 heterocycles. The molecular formula is C10H12FNO3. The van der Waals surface area contributed by atoms with Crippen molar-refractivity contribution in [3.05, 3.63) is 29.6 Å². The Morgan fingerprint density at radius 3 is 2.87 bits per heavy atom. The van der Waals surface area contributed by atoms with E-state index < -0.39 is 17.8 Å². The van der Waals surface area contributed by atoms with Gasteiger partial charge in [-0.15, -0.1) is 0 Å².